The third-order valence-corrected chi connectivity index (χ3v) is 5.07. The van der Waals surface area contributed by atoms with Gasteiger partial charge in [0, 0.05) is 23.7 Å². The van der Waals surface area contributed by atoms with Gasteiger partial charge in [-0.05, 0) is 18.4 Å². The van der Waals surface area contributed by atoms with Crippen molar-refractivity contribution in [3.05, 3.63) is 69.9 Å². The van der Waals surface area contributed by atoms with Gasteiger partial charge in [-0.3, -0.25) is 4.68 Å². The molecular formula is C21H28N6S. The van der Waals surface area contributed by atoms with Crippen molar-refractivity contribution in [2.45, 2.75) is 46.3 Å². The van der Waals surface area contributed by atoms with E-state index in [2.05, 4.69) is 70.2 Å². The Kier molecular flexibility index (Phi) is 7.19. The third kappa shape index (κ3) is 5.92. The first-order valence-corrected chi connectivity index (χ1v) is 10.5. The molecule has 0 amide bonds. The number of benzene rings is 1. The largest absolute Gasteiger partial charge is 0.357 e. The van der Waals surface area contributed by atoms with Gasteiger partial charge in [0.05, 0.1) is 31.5 Å². The van der Waals surface area contributed by atoms with Crippen LogP contribution in [0.1, 0.15) is 48.5 Å². The van der Waals surface area contributed by atoms with E-state index in [9.17, 15) is 0 Å². The monoisotopic (exact) mass is 396 g/mol. The zero-order valence-corrected chi connectivity index (χ0v) is 17.5. The summed E-state index contributed by atoms with van der Waals surface area (Å²) < 4.78 is 1.95. The lowest BCUT2D eigenvalue weighted by atomic mass is 10.2. The van der Waals surface area contributed by atoms with Gasteiger partial charge in [0.15, 0.2) is 5.96 Å². The van der Waals surface area contributed by atoms with Crippen LogP contribution in [0.5, 0.6) is 0 Å². The van der Waals surface area contributed by atoms with Crippen molar-refractivity contribution in [3.8, 4) is 0 Å². The zero-order valence-electron chi connectivity index (χ0n) is 16.7. The Bertz CT molecular complexity index is 881. The molecule has 0 bridgehead atoms. The summed E-state index contributed by atoms with van der Waals surface area (Å²) in [7, 11) is 0. The van der Waals surface area contributed by atoms with Crippen molar-refractivity contribution in [1.29, 1.82) is 0 Å². The van der Waals surface area contributed by atoms with E-state index in [1.165, 1.54) is 5.56 Å². The Balaban J connectivity index is 1.56. The van der Waals surface area contributed by atoms with E-state index in [4.69, 9.17) is 0 Å². The molecule has 148 valence electrons. The second-order valence-electron chi connectivity index (χ2n) is 6.90. The highest BCUT2D eigenvalue weighted by atomic mass is 32.1. The third-order valence-electron chi connectivity index (χ3n) is 4.21. The zero-order chi connectivity index (χ0) is 19.8. The molecule has 0 radical (unpaired) electrons. The fourth-order valence-corrected chi connectivity index (χ4v) is 3.58. The van der Waals surface area contributed by atoms with Crippen LogP contribution in [0.25, 0.3) is 0 Å². The van der Waals surface area contributed by atoms with Crippen LogP contribution in [-0.4, -0.2) is 27.3 Å². The van der Waals surface area contributed by atoms with Crippen LogP contribution in [-0.2, 0) is 19.6 Å². The quantitative estimate of drug-likeness (QED) is 0.449. The van der Waals surface area contributed by atoms with E-state index >= 15 is 0 Å². The van der Waals surface area contributed by atoms with Crippen LogP contribution in [0.15, 0.2) is 53.1 Å². The maximum Gasteiger partial charge on any atom is 0.191 e. The predicted molar refractivity (Wildman–Crippen MR) is 116 cm³/mol. The first-order chi connectivity index (χ1) is 13.6. The van der Waals surface area contributed by atoms with Gasteiger partial charge < -0.3 is 10.6 Å². The minimum absolute atomic E-state index is 0.458. The van der Waals surface area contributed by atoms with Crippen LogP contribution in [0.4, 0.5) is 0 Å². The number of hydrogen-bond acceptors (Lipinski definition) is 4. The van der Waals surface area contributed by atoms with Gasteiger partial charge in [-0.1, -0.05) is 44.2 Å². The van der Waals surface area contributed by atoms with Crippen molar-refractivity contribution >= 4 is 17.3 Å². The molecule has 7 heteroatoms. The van der Waals surface area contributed by atoms with E-state index in [0.29, 0.717) is 19.0 Å². The van der Waals surface area contributed by atoms with Gasteiger partial charge in [0.2, 0.25) is 0 Å². The number of hydrogen-bond donors (Lipinski definition) is 2. The van der Waals surface area contributed by atoms with Gasteiger partial charge >= 0.3 is 0 Å². The van der Waals surface area contributed by atoms with Crippen LogP contribution < -0.4 is 10.6 Å². The van der Waals surface area contributed by atoms with E-state index in [1.54, 1.807) is 11.3 Å². The SMILES string of the molecule is CCNC(=NCc1cnn(Cc2ccccc2)c1)NCc1nc(C(C)C)cs1. The number of aromatic nitrogens is 3. The molecule has 0 fully saturated rings. The summed E-state index contributed by atoms with van der Waals surface area (Å²) >= 11 is 1.69. The van der Waals surface area contributed by atoms with E-state index in [1.807, 2.05) is 29.1 Å². The number of nitrogens with one attached hydrogen (secondary N) is 2. The summed E-state index contributed by atoms with van der Waals surface area (Å²) in [5.41, 5.74) is 3.47. The van der Waals surface area contributed by atoms with Crippen molar-refractivity contribution in [1.82, 2.24) is 25.4 Å². The molecule has 2 N–H and O–H groups in total. The lowest BCUT2D eigenvalue weighted by Gasteiger charge is -2.09. The van der Waals surface area contributed by atoms with Crippen molar-refractivity contribution < 1.29 is 0 Å². The standard InChI is InChI=1S/C21H28N6S/c1-4-22-21(24-12-20-26-19(15-28-20)16(2)3)23-10-18-11-25-27(14-18)13-17-8-6-5-7-9-17/h5-9,11,14-16H,4,10,12-13H2,1-3H3,(H2,22,23,24). The van der Waals surface area contributed by atoms with Crippen molar-refractivity contribution in [2.24, 2.45) is 4.99 Å². The second-order valence-corrected chi connectivity index (χ2v) is 7.84. The van der Waals surface area contributed by atoms with E-state index < -0.39 is 0 Å². The van der Waals surface area contributed by atoms with Crippen LogP contribution in [0.2, 0.25) is 0 Å². The van der Waals surface area contributed by atoms with Crippen LogP contribution in [0.3, 0.4) is 0 Å². The highest BCUT2D eigenvalue weighted by Crippen LogP contribution is 2.17. The second kappa shape index (κ2) is 10.0. The number of guanidine groups is 1. The first kappa shape index (κ1) is 20.1. The minimum atomic E-state index is 0.458. The summed E-state index contributed by atoms with van der Waals surface area (Å²) in [5.74, 6) is 1.25. The normalized spacial score (nSPS) is 11.8. The number of aliphatic imine (C=N–C) groups is 1. The fourth-order valence-electron chi connectivity index (χ4n) is 2.69. The molecule has 2 aromatic heterocycles. The molecule has 0 aliphatic rings. The maximum atomic E-state index is 4.68. The molecule has 1 aromatic carbocycles. The van der Waals surface area contributed by atoms with Crippen LogP contribution >= 0.6 is 11.3 Å². The Morgan fingerprint density at radius 3 is 2.71 bits per heavy atom. The Labute approximate surface area is 170 Å². The number of rotatable bonds is 8. The number of nitrogens with zero attached hydrogens (tertiary/aromatic N) is 4. The molecule has 0 aliphatic heterocycles. The molecule has 0 saturated heterocycles. The molecule has 28 heavy (non-hydrogen) atoms. The van der Waals surface area contributed by atoms with Crippen molar-refractivity contribution in [3.63, 3.8) is 0 Å². The van der Waals surface area contributed by atoms with Gasteiger partial charge in [0.1, 0.15) is 5.01 Å². The summed E-state index contributed by atoms with van der Waals surface area (Å²) in [6.45, 7) is 9.23. The molecular weight excluding hydrogens is 368 g/mol. The smallest absolute Gasteiger partial charge is 0.191 e. The summed E-state index contributed by atoms with van der Waals surface area (Å²) in [5, 5.41) is 14.3. The molecule has 0 aliphatic carbocycles. The lowest BCUT2D eigenvalue weighted by Crippen LogP contribution is -2.36. The Morgan fingerprint density at radius 1 is 1.18 bits per heavy atom. The number of thiazole rings is 1. The average Bonchev–Trinajstić information content (AvgIpc) is 3.34. The molecule has 2 heterocycles. The fraction of sp³-hybridized carbons (Fsp3) is 0.381. The Hall–Kier alpha value is -2.67. The van der Waals surface area contributed by atoms with Crippen LogP contribution in [0, 0.1) is 0 Å². The predicted octanol–water partition coefficient (Wildman–Crippen LogP) is 3.77. The average molecular weight is 397 g/mol. The lowest BCUT2D eigenvalue weighted by molar-refractivity contribution is 0.686. The molecule has 6 nitrogen and oxygen atoms in total. The molecule has 0 unspecified atom stereocenters. The summed E-state index contributed by atoms with van der Waals surface area (Å²) in [4.78, 5) is 9.34. The van der Waals surface area contributed by atoms with Crippen molar-refractivity contribution in [2.75, 3.05) is 6.54 Å². The molecule has 0 saturated carbocycles. The Morgan fingerprint density at radius 2 is 2.00 bits per heavy atom. The van der Waals surface area contributed by atoms with Gasteiger partial charge in [-0.25, -0.2) is 9.98 Å². The van der Waals surface area contributed by atoms with Gasteiger partial charge in [0.25, 0.3) is 0 Å². The minimum Gasteiger partial charge on any atom is -0.357 e. The molecule has 0 spiro atoms. The first-order valence-electron chi connectivity index (χ1n) is 9.65. The highest BCUT2D eigenvalue weighted by molar-refractivity contribution is 7.09. The maximum absolute atomic E-state index is 4.68. The summed E-state index contributed by atoms with van der Waals surface area (Å²) in [6, 6.07) is 10.3. The van der Waals surface area contributed by atoms with E-state index in [-0.39, 0.29) is 0 Å². The molecule has 3 rings (SSSR count). The molecule has 0 atom stereocenters. The molecule has 3 aromatic rings. The van der Waals surface area contributed by atoms with Gasteiger partial charge in [-0.15, -0.1) is 11.3 Å². The summed E-state index contributed by atoms with van der Waals surface area (Å²) in [6.07, 6.45) is 3.93. The van der Waals surface area contributed by atoms with Gasteiger partial charge in [-0.2, -0.15) is 5.10 Å². The van der Waals surface area contributed by atoms with E-state index in [0.717, 1.165) is 35.3 Å². The topological polar surface area (TPSA) is 67.1 Å². The highest BCUT2D eigenvalue weighted by Gasteiger charge is 2.07.